The van der Waals surface area contributed by atoms with Crippen LogP contribution in [0.5, 0.6) is 0 Å². The zero-order valence-electron chi connectivity index (χ0n) is 10.2. The van der Waals surface area contributed by atoms with Crippen molar-refractivity contribution in [2.45, 2.75) is 0 Å². The molecular formula is C15H13N3O. The van der Waals surface area contributed by atoms with Crippen LogP contribution in [0.2, 0.25) is 0 Å². The molecule has 0 unspecified atom stereocenters. The summed E-state index contributed by atoms with van der Waals surface area (Å²) >= 11 is 0. The highest BCUT2D eigenvalue weighted by Gasteiger charge is 2.07. The molecule has 0 amide bonds. The Hall–Kier alpha value is -2.75. The molecule has 0 bridgehead atoms. The smallest absolute Gasteiger partial charge is 0.311 e. The van der Waals surface area contributed by atoms with Crippen molar-refractivity contribution in [3.8, 4) is 11.3 Å². The summed E-state index contributed by atoms with van der Waals surface area (Å²) in [6.45, 7) is 0. The molecule has 0 aliphatic rings. The lowest BCUT2D eigenvalue weighted by Crippen LogP contribution is -2.24. The van der Waals surface area contributed by atoms with E-state index in [-0.39, 0.29) is 5.69 Å². The highest BCUT2D eigenvalue weighted by molar-refractivity contribution is 5.60. The molecule has 0 atom stereocenters. The first-order chi connectivity index (χ1) is 9.34. The number of nitrogens with zero attached hydrogens (tertiary/aromatic N) is 1. The minimum atomic E-state index is -0.192. The van der Waals surface area contributed by atoms with Gasteiger partial charge < -0.3 is 4.98 Å². The molecule has 2 aromatic carbocycles. The molecule has 0 aliphatic heterocycles. The van der Waals surface area contributed by atoms with Gasteiger partial charge in [0.1, 0.15) is 0 Å². The van der Waals surface area contributed by atoms with Crippen molar-refractivity contribution in [3.63, 3.8) is 0 Å². The minimum Gasteiger partial charge on any atom is -0.311 e. The lowest BCUT2D eigenvalue weighted by atomic mass is 10.2. The fourth-order valence-electron chi connectivity index (χ4n) is 1.94. The van der Waals surface area contributed by atoms with Crippen molar-refractivity contribution in [2.75, 3.05) is 5.43 Å². The van der Waals surface area contributed by atoms with Gasteiger partial charge in [-0.15, -0.1) is 0 Å². The third kappa shape index (κ3) is 2.28. The van der Waals surface area contributed by atoms with E-state index in [2.05, 4.69) is 10.4 Å². The molecule has 0 fully saturated rings. The molecular weight excluding hydrogens is 238 g/mol. The van der Waals surface area contributed by atoms with Crippen LogP contribution in [0.25, 0.3) is 11.3 Å². The van der Waals surface area contributed by atoms with Crippen LogP contribution in [-0.4, -0.2) is 9.66 Å². The van der Waals surface area contributed by atoms with Gasteiger partial charge in [0.25, 0.3) is 0 Å². The molecule has 0 radical (unpaired) electrons. The normalized spacial score (nSPS) is 10.3. The zero-order valence-corrected chi connectivity index (χ0v) is 10.2. The molecule has 0 saturated heterocycles. The number of anilines is 1. The molecule has 4 heteroatoms. The van der Waals surface area contributed by atoms with Gasteiger partial charge >= 0.3 is 5.69 Å². The summed E-state index contributed by atoms with van der Waals surface area (Å²) < 4.78 is 1.50. The van der Waals surface area contributed by atoms with Gasteiger partial charge in [0.15, 0.2) is 0 Å². The Morgan fingerprint density at radius 1 is 0.895 bits per heavy atom. The molecule has 19 heavy (non-hydrogen) atoms. The minimum absolute atomic E-state index is 0.192. The average molecular weight is 251 g/mol. The van der Waals surface area contributed by atoms with Crippen LogP contribution in [-0.2, 0) is 0 Å². The average Bonchev–Trinajstić information content (AvgIpc) is 2.82. The molecule has 2 N–H and O–H groups in total. The standard InChI is InChI=1S/C15H13N3O/c19-15-16-11-14(12-7-3-1-4-8-12)18(15)17-13-9-5-2-6-10-13/h1-11,17H,(H,16,19). The third-order valence-electron chi connectivity index (χ3n) is 2.86. The molecule has 0 saturated carbocycles. The van der Waals surface area contributed by atoms with Crippen LogP contribution in [0, 0.1) is 0 Å². The van der Waals surface area contributed by atoms with Gasteiger partial charge in [-0.25, -0.2) is 9.47 Å². The SMILES string of the molecule is O=c1[nH]cc(-c2ccccc2)n1Nc1ccccc1. The lowest BCUT2D eigenvalue weighted by molar-refractivity contribution is 0.907. The van der Waals surface area contributed by atoms with Crippen molar-refractivity contribution >= 4 is 5.69 Å². The number of hydrogen-bond donors (Lipinski definition) is 2. The second kappa shape index (κ2) is 4.86. The van der Waals surface area contributed by atoms with Crippen LogP contribution >= 0.6 is 0 Å². The van der Waals surface area contributed by atoms with Gasteiger partial charge in [-0.2, -0.15) is 0 Å². The number of aromatic nitrogens is 2. The molecule has 0 spiro atoms. The number of rotatable bonds is 3. The Morgan fingerprint density at radius 2 is 1.53 bits per heavy atom. The number of imidazole rings is 1. The highest BCUT2D eigenvalue weighted by atomic mass is 16.2. The van der Waals surface area contributed by atoms with Gasteiger partial charge in [-0.3, -0.25) is 5.43 Å². The van der Waals surface area contributed by atoms with Crippen LogP contribution in [0.1, 0.15) is 0 Å². The molecule has 0 aliphatic carbocycles. The third-order valence-corrected chi connectivity index (χ3v) is 2.86. The van der Waals surface area contributed by atoms with E-state index < -0.39 is 0 Å². The van der Waals surface area contributed by atoms with Crippen molar-refractivity contribution in [1.29, 1.82) is 0 Å². The van der Waals surface area contributed by atoms with E-state index in [9.17, 15) is 4.79 Å². The lowest BCUT2D eigenvalue weighted by Gasteiger charge is -2.10. The number of hydrogen-bond acceptors (Lipinski definition) is 2. The van der Waals surface area contributed by atoms with Gasteiger partial charge in [0, 0.05) is 11.8 Å². The quantitative estimate of drug-likeness (QED) is 0.752. The summed E-state index contributed by atoms with van der Waals surface area (Å²) in [6.07, 6.45) is 1.70. The van der Waals surface area contributed by atoms with Crippen LogP contribution in [0.3, 0.4) is 0 Å². The predicted octanol–water partition coefficient (Wildman–Crippen LogP) is 2.72. The Morgan fingerprint density at radius 3 is 2.21 bits per heavy atom. The number of H-pyrrole nitrogens is 1. The maximum Gasteiger partial charge on any atom is 0.344 e. The Labute approximate surface area is 110 Å². The van der Waals surface area contributed by atoms with Crippen molar-refractivity contribution in [3.05, 3.63) is 77.3 Å². The fraction of sp³-hybridized carbons (Fsp3) is 0. The second-order valence-corrected chi connectivity index (χ2v) is 4.16. The zero-order chi connectivity index (χ0) is 13.1. The molecule has 3 aromatic rings. The first kappa shape index (κ1) is 11.3. The number of nitrogens with one attached hydrogen (secondary N) is 2. The second-order valence-electron chi connectivity index (χ2n) is 4.16. The van der Waals surface area contributed by atoms with Gasteiger partial charge in [-0.1, -0.05) is 48.5 Å². The number of para-hydroxylation sites is 1. The molecule has 1 aromatic heterocycles. The van der Waals surface area contributed by atoms with Crippen molar-refractivity contribution in [2.24, 2.45) is 0 Å². The maximum atomic E-state index is 11.9. The predicted molar refractivity (Wildman–Crippen MR) is 76.0 cm³/mol. The van der Waals surface area contributed by atoms with E-state index in [1.54, 1.807) is 6.20 Å². The Kier molecular flexibility index (Phi) is 2.90. The van der Waals surface area contributed by atoms with Gasteiger partial charge in [0.05, 0.1) is 11.4 Å². The maximum absolute atomic E-state index is 11.9. The summed E-state index contributed by atoms with van der Waals surface area (Å²) in [4.78, 5) is 14.6. The monoisotopic (exact) mass is 251 g/mol. The summed E-state index contributed by atoms with van der Waals surface area (Å²) in [5.41, 5.74) is 5.54. The summed E-state index contributed by atoms with van der Waals surface area (Å²) in [5, 5.41) is 0. The first-order valence-electron chi connectivity index (χ1n) is 6.02. The molecule has 4 nitrogen and oxygen atoms in total. The van der Waals surface area contributed by atoms with Gasteiger partial charge in [-0.05, 0) is 12.1 Å². The van der Waals surface area contributed by atoms with Crippen LogP contribution in [0.4, 0.5) is 5.69 Å². The Bertz CT molecular complexity index is 714. The summed E-state index contributed by atoms with van der Waals surface area (Å²) in [5.74, 6) is 0. The fourth-order valence-corrected chi connectivity index (χ4v) is 1.94. The van der Waals surface area contributed by atoms with E-state index >= 15 is 0 Å². The van der Waals surface area contributed by atoms with Crippen LogP contribution in [0.15, 0.2) is 71.7 Å². The van der Waals surface area contributed by atoms with Gasteiger partial charge in [0.2, 0.25) is 0 Å². The van der Waals surface area contributed by atoms with E-state index in [1.807, 2.05) is 60.7 Å². The van der Waals surface area contributed by atoms with Crippen molar-refractivity contribution < 1.29 is 0 Å². The highest BCUT2D eigenvalue weighted by Crippen LogP contribution is 2.17. The first-order valence-corrected chi connectivity index (χ1v) is 6.02. The molecule has 94 valence electrons. The van der Waals surface area contributed by atoms with E-state index in [0.717, 1.165) is 16.9 Å². The van der Waals surface area contributed by atoms with E-state index in [1.165, 1.54) is 4.68 Å². The van der Waals surface area contributed by atoms with Crippen LogP contribution < -0.4 is 11.1 Å². The van der Waals surface area contributed by atoms with E-state index in [0.29, 0.717) is 0 Å². The Balaban J connectivity index is 2.03. The molecule has 3 rings (SSSR count). The summed E-state index contributed by atoms with van der Waals surface area (Å²) in [7, 11) is 0. The van der Waals surface area contributed by atoms with E-state index in [4.69, 9.17) is 0 Å². The number of benzene rings is 2. The van der Waals surface area contributed by atoms with Crippen molar-refractivity contribution in [1.82, 2.24) is 9.66 Å². The topological polar surface area (TPSA) is 49.8 Å². The largest absolute Gasteiger partial charge is 0.344 e. The molecule has 1 heterocycles. The summed E-state index contributed by atoms with van der Waals surface area (Å²) in [6, 6.07) is 19.4. The number of aromatic amines is 1.